The van der Waals surface area contributed by atoms with E-state index >= 15 is 0 Å². The van der Waals surface area contributed by atoms with E-state index in [2.05, 4.69) is 15.6 Å². The predicted molar refractivity (Wildman–Crippen MR) is 115 cm³/mol. The number of piperidine rings is 1. The summed E-state index contributed by atoms with van der Waals surface area (Å²) in [5.41, 5.74) is -0.000856. The third kappa shape index (κ3) is 6.42. The van der Waals surface area contributed by atoms with Gasteiger partial charge in [0.1, 0.15) is 5.76 Å². The fourth-order valence-corrected chi connectivity index (χ4v) is 4.02. The number of aromatic nitrogens is 2. The van der Waals surface area contributed by atoms with E-state index in [0.29, 0.717) is 24.7 Å². The molecule has 7 nitrogen and oxygen atoms in total. The molecule has 3 heterocycles. The number of ether oxygens (including phenoxy) is 1. The highest BCUT2D eigenvalue weighted by atomic mass is 35.5. The molecule has 10 heteroatoms. The van der Waals surface area contributed by atoms with E-state index in [0.717, 1.165) is 36.8 Å². The van der Waals surface area contributed by atoms with E-state index in [1.165, 1.54) is 0 Å². The summed E-state index contributed by atoms with van der Waals surface area (Å²) in [6, 6.07) is 3.58. The van der Waals surface area contributed by atoms with Crippen LogP contribution in [0.15, 0.2) is 34.1 Å². The molecule has 0 radical (unpaired) electrons. The molecule has 2 aromatic rings. The number of furan rings is 1. The zero-order valence-corrected chi connectivity index (χ0v) is 18.6. The molecule has 1 fully saturated rings. The monoisotopic (exact) mass is 450 g/mol. The minimum atomic E-state index is -0.174. The van der Waals surface area contributed by atoms with Crippen molar-refractivity contribution in [2.75, 3.05) is 33.4 Å². The number of hydrogen-bond donors (Lipinski definition) is 2. The minimum Gasteiger partial charge on any atom is -0.455 e. The number of nitrogens with zero attached hydrogens (tertiary/aromatic N) is 2. The first-order valence-electron chi connectivity index (χ1n) is 8.79. The van der Waals surface area contributed by atoms with Crippen molar-refractivity contribution in [1.29, 1.82) is 0 Å². The molecule has 0 unspecified atom stereocenters. The number of methoxy groups -OCH3 is 1. The summed E-state index contributed by atoms with van der Waals surface area (Å²) in [6.07, 6.45) is 5.65. The van der Waals surface area contributed by atoms with Crippen LogP contribution >= 0.6 is 36.6 Å². The number of halogens is 2. The van der Waals surface area contributed by atoms with Crippen molar-refractivity contribution < 1.29 is 13.9 Å². The Bertz CT molecular complexity index is 726. The van der Waals surface area contributed by atoms with Crippen molar-refractivity contribution in [2.45, 2.75) is 23.8 Å². The molecule has 0 spiro atoms. The Morgan fingerprint density at radius 1 is 1.39 bits per heavy atom. The molecule has 1 aliphatic heterocycles. The average Bonchev–Trinajstić information content (AvgIpc) is 3.28. The molecule has 0 aliphatic carbocycles. The fraction of sp³-hybridized carbons (Fsp3) is 0.556. The molecule has 2 N–H and O–H groups in total. The summed E-state index contributed by atoms with van der Waals surface area (Å²) in [5, 5.41) is 7.29. The molecule has 2 aromatic heterocycles. The van der Waals surface area contributed by atoms with Crippen molar-refractivity contribution in [2.24, 2.45) is 12.5 Å². The maximum absolute atomic E-state index is 12.4. The van der Waals surface area contributed by atoms with Gasteiger partial charge in [0.15, 0.2) is 10.9 Å². The second kappa shape index (κ2) is 11.7. The third-order valence-electron chi connectivity index (χ3n) is 4.74. The van der Waals surface area contributed by atoms with Gasteiger partial charge in [-0.2, -0.15) is 0 Å². The topological polar surface area (TPSA) is 81.3 Å². The Morgan fingerprint density at radius 3 is 2.79 bits per heavy atom. The SMILES string of the molecule is COCC1(CNC(=O)c2ccc(CSc3nccn3C)o2)CCNCC1.Cl.Cl. The Labute approximate surface area is 182 Å². The van der Waals surface area contributed by atoms with Crippen LogP contribution in [0, 0.1) is 5.41 Å². The second-order valence-corrected chi connectivity index (χ2v) is 7.68. The summed E-state index contributed by atoms with van der Waals surface area (Å²) in [6.45, 7) is 3.15. The number of thioether (sulfide) groups is 1. The maximum Gasteiger partial charge on any atom is 0.287 e. The van der Waals surface area contributed by atoms with Gasteiger partial charge in [-0.25, -0.2) is 4.98 Å². The second-order valence-electron chi connectivity index (χ2n) is 6.74. The van der Waals surface area contributed by atoms with Crippen LogP contribution in [0.1, 0.15) is 29.2 Å². The lowest BCUT2D eigenvalue weighted by molar-refractivity contribution is 0.0506. The van der Waals surface area contributed by atoms with Gasteiger partial charge in [-0.05, 0) is 38.1 Å². The van der Waals surface area contributed by atoms with Gasteiger partial charge < -0.3 is 24.4 Å². The molecule has 158 valence electrons. The number of nitrogens with one attached hydrogen (secondary N) is 2. The van der Waals surface area contributed by atoms with Gasteiger partial charge in [0.25, 0.3) is 5.91 Å². The summed E-state index contributed by atoms with van der Waals surface area (Å²) >= 11 is 1.58. The van der Waals surface area contributed by atoms with Gasteiger partial charge in [0.2, 0.25) is 0 Å². The van der Waals surface area contributed by atoms with E-state index in [-0.39, 0.29) is 36.1 Å². The lowest BCUT2D eigenvalue weighted by Gasteiger charge is -2.37. The van der Waals surface area contributed by atoms with Crippen LogP contribution in [0.2, 0.25) is 0 Å². The number of carbonyl (C=O) groups is 1. The summed E-state index contributed by atoms with van der Waals surface area (Å²) in [4.78, 5) is 16.7. The Morgan fingerprint density at radius 2 is 2.14 bits per heavy atom. The van der Waals surface area contributed by atoms with Crippen LogP contribution in [0.5, 0.6) is 0 Å². The van der Waals surface area contributed by atoms with Gasteiger partial charge in [-0.3, -0.25) is 4.79 Å². The Balaban J connectivity index is 0.00000196. The molecule has 3 rings (SSSR count). The molecule has 1 saturated heterocycles. The van der Waals surface area contributed by atoms with Crippen LogP contribution in [0.4, 0.5) is 0 Å². The summed E-state index contributed by atoms with van der Waals surface area (Å²) < 4.78 is 13.0. The third-order valence-corrected chi connectivity index (χ3v) is 5.83. The molecule has 28 heavy (non-hydrogen) atoms. The van der Waals surface area contributed by atoms with Gasteiger partial charge >= 0.3 is 0 Å². The number of hydrogen-bond acceptors (Lipinski definition) is 6. The van der Waals surface area contributed by atoms with Crippen molar-refractivity contribution in [1.82, 2.24) is 20.2 Å². The normalized spacial score (nSPS) is 15.4. The Hall–Kier alpha value is -1.19. The van der Waals surface area contributed by atoms with Crippen LogP contribution in [0.3, 0.4) is 0 Å². The van der Waals surface area contributed by atoms with Gasteiger partial charge in [0, 0.05) is 38.5 Å². The maximum atomic E-state index is 12.4. The lowest BCUT2D eigenvalue weighted by Crippen LogP contribution is -2.47. The van der Waals surface area contributed by atoms with Crippen molar-refractivity contribution in [3.8, 4) is 0 Å². The lowest BCUT2D eigenvalue weighted by atomic mass is 9.79. The van der Waals surface area contributed by atoms with Crippen molar-refractivity contribution >= 4 is 42.5 Å². The molecule has 0 aromatic carbocycles. The first-order chi connectivity index (χ1) is 12.6. The van der Waals surface area contributed by atoms with Crippen LogP contribution in [-0.2, 0) is 17.5 Å². The smallest absolute Gasteiger partial charge is 0.287 e. The zero-order chi connectivity index (χ0) is 18.4. The van der Waals surface area contributed by atoms with Crippen LogP contribution < -0.4 is 10.6 Å². The molecular weight excluding hydrogens is 423 g/mol. The summed E-state index contributed by atoms with van der Waals surface area (Å²) in [5.74, 6) is 1.57. The average molecular weight is 451 g/mol. The highest BCUT2D eigenvalue weighted by Crippen LogP contribution is 2.28. The largest absolute Gasteiger partial charge is 0.455 e. The zero-order valence-electron chi connectivity index (χ0n) is 16.1. The summed E-state index contributed by atoms with van der Waals surface area (Å²) in [7, 11) is 3.66. The first kappa shape index (κ1) is 24.8. The highest BCUT2D eigenvalue weighted by molar-refractivity contribution is 7.98. The molecule has 0 atom stereocenters. The fourth-order valence-electron chi connectivity index (χ4n) is 3.19. The molecule has 0 saturated carbocycles. The highest BCUT2D eigenvalue weighted by Gasteiger charge is 2.32. The van der Waals surface area contributed by atoms with E-state index in [9.17, 15) is 4.79 Å². The number of amides is 1. The van der Waals surface area contributed by atoms with Crippen LogP contribution in [-0.4, -0.2) is 48.8 Å². The standard InChI is InChI=1S/C18H26N4O3S.2ClH/c1-22-10-9-20-17(22)26-11-14-3-4-15(25-14)16(23)21-12-18(13-24-2)5-7-19-8-6-18;;/h3-4,9-10,19H,5-8,11-13H2,1-2H3,(H,21,23);2*1H. The molecule has 0 bridgehead atoms. The van der Waals surface area contributed by atoms with Gasteiger partial charge in [-0.1, -0.05) is 11.8 Å². The number of imidazole rings is 1. The first-order valence-corrected chi connectivity index (χ1v) is 9.77. The van der Waals surface area contributed by atoms with Crippen molar-refractivity contribution in [3.05, 3.63) is 36.0 Å². The van der Waals surface area contributed by atoms with E-state index in [1.807, 2.05) is 23.9 Å². The van der Waals surface area contributed by atoms with E-state index in [1.54, 1.807) is 31.1 Å². The van der Waals surface area contributed by atoms with E-state index < -0.39 is 0 Å². The van der Waals surface area contributed by atoms with Gasteiger partial charge in [-0.15, -0.1) is 24.8 Å². The molecule has 1 aliphatic rings. The number of rotatable bonds is 8. The van der Waals surface area contributed by atoms with E-state index in [4.69, 9.17) is 9.15 Å². The molecule has 1 amide bonds. The van der Waals surface area contributed by atoms with Crippen molar-refractivity contribution in [3.63, 3.8) is 0 Å². The van der Waals surface area contributed by atoms with Crippen LogP contribution in [0.25, 0.3) is 0 Å². The van der Waals surface area contributed by atoms with Gasteiger partial charge in [0.05, 0.1) is 12.4 Å². The molecular formula is C18H28Cl2N4O3S. The number of carbonyl (C=O) groups excluding carboxylic acids is 1. The minimum absolute atomic E-state index is 0. The number of aryl methyl sites for hydroxylation is 1. The Kier molecular flexibility index (Phi) is 10.4. The quantitative estimate of drug-likeness (QED) is 0.601. The predicted octanol–water partition coefficient (Wildman–Crippen LogP) is 2.90.